The third kappa shape index (κ3) is 6.87. The van der Waals surface area contributed by atoms with Crippen LogP contribution in [0.3, 0.4) is 0 Å². The van der Waals surface area contributed by atoms with E-state index >= 15 is 0 Å². The van der Waals surface area contributed by atoms with Crippen LogP contribution in [-0.4, -0.2) is 28.9 Å². The monoisotopic (exact) mass is 256 g/mol. The molecule has 0 heterocycles. The Bertz CT molecular complexity index is 317. The molecule has 0 bridgehead atoms. The highest BCUT2D eigenvalue weighted by atomic mass is 32.1. The normalized spacial score (nSPS) is 14.1. The molecule has 0 aromatic carbocycles. The first-order valence-corrected chi connectivity index (χ1v) is 5.94. The molecular formula is C12H20N2O2S. The van der Waals surface area contributed by atoms with Crippen molar-refractivity contribution in [3.8, 4) is 0 Å². The summed E-state index contributed by atoms with van der Waals surface area (Å²) in [4.78, 5) is 15.5. The van der Waals surface area contributed by atoms with Crippen LogP contribution < -0.4 is 5.32 Å². The molecule has 1 amide bonds. The molecule has 0 radical (unpaired) electrons. The molecule has 4 nitrogen and oxygen atoms in total. The molecule has 96 valence electrons. The minimum absolute atomic E-state index is 0.183. The van der Waals surface area contributed by atoms with Crippen LogP contribution in [0.2, 0.25) is 0 Å². The number of amides is 1. The van der Waals surface area contributed by atoms with Crippen LogP contribution in [0.25, 0.3) is 0 Å². The van der Waals surface area contributed by atoms with E-state index in [4.69, 9.17) is 4.74 Å². The van der Waals surface area contributed by atoms with E-state index in [0.29, 0.717) is 6.42 Å². The summed E-state index contributed by atoms with van der Waals surface area (Å²) in [6.07, 6.45) is 1.87. The summed E-state index contributed by atoms with van der Waals surface area (Å²) in [5.74, 6) is 0. The highest BCUT2D eigenvalue weighted by molar-refractivity contribution is 7.78. The second-order valence-corrected chi connectivity index (χ2v) is 4.79. The molecule has 0 unspecified atom stereocenters. The Balaban J connectivity index is 4.54. The number of alkyl carbamates (subject to hydrolysis) is 1. The molecule has 0 fully saturated rings. The molecule has 0 aliphatic heterocycles. The first kappa shape index (κ1) is 15.8. The van der Waals surface area contributed by atoms with Gasteiger partial charge in [0, 0.05) is 0 Å². The highest BCUT2D eigenvalue weighted by Gasteiger charge is 2.22. The lowest BCUT2D eigenvalue weighted by molar-refractivity contribution is 0.0499. The van der Waals surface area contributed by atoms with Crippen molar-refractivity contribution in [3.05, 3.63) is 12.7 Å². The van der Waals surface area contributed by atoms with Gasteiger partial charge in [0.2, 0.25) is 0 Å². The van der Waals surface area contributed by atoms with E-state index < -0.39 is 11.7 Å². The van der Waals surface area contributed by atoms with Crippen molar-refractivity contribution in [3.63, 3.8) is 0 Å². The van der Waals surface area contributed by atoms with Gasteiger partial charge < -0.3 is 10.1 Å². The van der Waals surface area contributed by atoms with Crippen LogP contribution >= 0.6 is 12.2 Å². The SMILES string of the molecule is C=C[C@H](N=C=S)[C@H](CC)NC(=O)OC(C)(C)C. The maximum atomic E-state index is 11.6. The Morgan fingerprint density at radius 3 is 2.59 bits per heavy atom. The van der Waals surface area contributed by atoms with Crippen LogP contribution in [0.5, 0.6) is 0 Å². The van der Waals surface area contributed by atoms with Gasteiger partial charge in [0.15, 0.2) is 0 Å². The predicted molar refractivity (Wildman–Crippen MR) is 72.5 cm³/mol. The number of hydrogen-bond donors (Lipinski definition) is 1. The fourth-order valence-corrected chi connectivity index (χ4v) is 1.38. The van der Waals surface area contributed by atoms with E-state index in [9.17, 15) is 4.79 Å². The number of thiocarbonyl (C=S) groups is 1. The molecule has 0 saturated heterocycles. The van der Waals surface area contributed by atoms with Crippen LogP contribution in [0, 0.1) is 0 Å². The topological polar surface area (TPSA) is 50.7 Å². The van der Waals surface area contributed by atoms with E-state index in [1.807, 2.05) is 27.7 Å². The summed E-state index contributed by atoms with van der Waals surface area (Å²) in [5, 5.41) is 5.05. The summed E-state index contributed by atoms with van der Waals surface area (Å²) < 4.78 is 5.17. The quantitative estimate of drug-likeness (QED) is 0.467. The third-order valence-corrected chi connectivity index (χ3v) is 2.10. The lowest BCUT2D eigenvalue weighted by atomic mass is 10.1. The molecule has 0 rings (SSSR count). The van der Waals surface area contributed by atoms with E-state index in [0.717, 1.165) is 0 Å². The van der Waals surface area contributed by atoms with Gasteiger partial charge in [-0.1, -0.05) is 13.0 Å². The second kappa shape index (κ2) is 7.20. The molecule has 5 heteroatoms. The summed E-state index contributed by atoms with van der Waals surface area (Å²) in [5.41, 5.74) is -0.514. The van der Waals surface area contributed by atoms with Crippen molar-refractivity contribution in [2.24, 2.45) is 4.99 Å². The number of ether oxygens (including phenoxy) is 1. The Hall–Kier alpha value is -1.19. The average Bonchev–Trinajstić information content (AvgIpc) is 2.20. The van der Waals surface area contributed by atoms with Crippen LogP contribution in [0.15, 0.2) is 17.6 Å². The van der Waals surface area contributed by atoms with Gasteiger partial charge in [-0.3, -0.25) is 0 Å². The van der Waals surface area contributed by atoms with E-state index in [-0.39, 0.29) is 12.1 Å². The summed E-state index contributed by atoms with van der Waals surface area (Å²) in [6, 6.07) is -0.456. The van der Waals surface area contributed by atoms with E-state index in [1.54, 1.807) is 6.08 Å². The molecule has 1 N–H and O–H groups in total. The maximum absolute atomic E-state index is 11.6. The first-order chi connectivity index (χ1) is 7.84. The van der Waals surface area contributed by atoms with Crippen molar-refractivity contribution in [2.45, 2.75) is 51.8 Å². The Morgan fingerprint density at radius 2 is 2.24 bits per heavy atom. The standard InChI is InChI=1S/C12H20N2O2S/c1-6-9(13-8-17)10(7-2)14-11(15)16-12(3,4)5/h6,9-10H,1,7H2,2-5H3,(H,14,15)/t9-,10-/m0/s1. The van der Waals surface area contributed by atoms with Gasteiger partial charge >= 0.3 is 6.09 Å². The number of rotatable bonds is 5. The zero-order chi connectivity index (χ0) is 13.5. The average molecular weight is 256 g/mol. The van der Waals surface area contributed by atoms with Crippen molar-refractivity contribution in [2.75, 3.05) is 0 Å². The molecule has 0 aromatic rings. The molecule has 0 aliphatic rings. The smallest absolute Gasteiger partial charge is 0.407 e. The lowest BCUT2D eigenvalue weighted by Crippen LogP contribution is -2.43. The molecule has 17 heavy (non-hydrogen) atoms. The minimum atomic E-state index is -0.514. The van der Waals surface area contributed by atoms with Gasteiger partial charge in [0.25, 0.3) is 0 Å². The predicted octanol–water partition coefficient (Wildman–Crippen LogP) is 2.95. The Labute approximate surface area is 108 Å². The minimum Gasteiger partial charge on any atom is -0.444 e. The van der Waals surface area contributed by atoms with Gasteiger partial charge in [-0.15, -0.1) is 6.58 Å². The van der Waals surface area contributed by atoms with E-state index in [1.165, 1.54) is 0 Å². The van der Waals surface area contributed by atoms with Gasteiger partial charge in [-0.25, -0.2) is 9.79 Å². The van der Waals surface area contributed by atoms with Gasteiger partial charge in [0.05, 0.1) is 17.2 Å². The number of isothiocyanates is 1. The molecule has 0 saturated carbocycles. The highest BCUT2D eigenvalue weighted by Crippen LogP contribution is 2.09. The van der Waals surface area contributed by atoms with Gasteiger partial charge in [-0.05, 0) is 39.4 Å². The zero-order valence-electron chi connectivity index (χ0n) is 10.8. The number of aliphatic imine (C=N–C) groups is 1. The summed E-state index contributed by atoms with van der Waals surface area (Å²) in [7, 11) is 0. The van der Waals surface area contributed by atoms with Gasteiger partial charge in [-0.2, -0.15) is 0 Å². The van der Waals surface area contributed by atoms with Crippen LogP contribution in [0.1, 0.15) is 34.1 Å². The second-order valence-electron chi connectivity index (χ2n) is 4.61. The summed E-state index contributed by atoms with van der Waals surface area (Å²) in [6.45, 7) is 11.0. The van der Waals surface area contributed by atoms with Crippen LogP contribution in [0.4, 0.5) is 4.79 Å². The largest absolute Gasteiger partial charge is 0.444 e. The molecule has 0 aliphatic carbocycles. The number of carbonyl (C=O) groups is 1. The number of carbonyl (C=O) groups excluding carboxylic acids is 1. The van der Waals surface area contributed by atoms with Crippen molar-refractivity contribution in [1.29, 1.82) is 0 Å². The molecule has 0 aromatic heterocycles. The molecule has 2 atom stereocenters. The van der Waals surface area contributed by atoms with Crippen LogP contribution in [-0.2, 0) is 4.74 Å². The van der Waals surface area contributed by atoms with Crippen molar-refractivity contribution >= 4 is 23.5 Å². The zero-order valence-corrected chi connectivity index (χ0v) is 11.6. The fraction of sp³-hybridized carbons (Fsp3) is 0.667. The Kier molecular flexibility index (Phi) is 6.69. The van der Waals surface area contributed by atoms with E-state index in [2.05, 4.69) is 34.3 Å². The third-order valence-electron chi connectivity index (χ3n) is 2.00. The maximum Gasteiger partial charge on any atom is 0.407 e. The molecular weight excluding hydrogens is 236 g/mol. The summed E-state index contributed by atoms with van der Waals surface area (Å²) >= 11 is 4.55. The first-order valence-electron chi connectivity index (χ1n) is 5.53. The number of nitrogens with zero attached hydrogens (tertiary/aromatic N) is 1. The lowest BCUT2D eigenvalue weighted by Gasteiger charge is -2.24. The number of hydrogen-bond acceptors (Lipinski definition) is 4. The van der Waals surface area contributed by atoms with Crippen molar-refractivity contribution < 1.29 is 9.53 Å². The number of nitrogens with one attached hydrogen (secondary N) is 1. The fourth-order valence-electron chi connectivity index (χ4n) is 1.26. The van der Waals surface area contributed by atoms with Crippen molar-refractivity contribution in [1.82, 2.24) is 5.32 Å². The Morgan fingerprint density at radius 1 is 1.65 bits per heavy atom. The molecule has 0 spiro atoms. The van der Waals surface area contributed by atoms with Gasteiger partial charge in [0.1, 0.15) is 5.60 Å².